The van der Waals surface area contributed by atoms with E-state index in [0.29, 0.717) is 29.9 Å². The molecule has 7 nitrogen and oxygen atoms in total. The molecule has 0 saturated heterocycles. The first-order valence-electron chi connectivity index (χ1n) is 14.7. The summed E-state index contributed by atoms with van der Waals surface area (Å²) in [5.74, 6) is 1.38. The summed E-state index contributed by atoms with van der Waals surface area (Å²) < 4.78 is 12.5. The zero-order valence-electron chi connectivity index (χ0n) is 24.4. The van der Waals surface area contributed by atoms with Gasteiger partial charge in [-0.1, -0.05) is 62.4 Å². The van der Waals surface area contributed by atoms with E-state index in [1.807, 2.05) is 29.2 Å². The number of aryl methyl sites for hydroxylation is 2. The molecule has 7 rings (SSSR count). The minimum Gasteiger partial charge on any atom is -0.467 e. The Bertz CT molecular complexity index is 1670. The van der Waals surface area contributed by atoms with Crippen molar-refractivity contribution in [2.75, 3.05) is 15.6 Å². The lowest BCUT2D eigenvalue weighted by atomic mass is 9.86. The number of hydrogen-bond donors (Lipinski definition) is 1. The minimum atomic E-state index is -0.378. The fourth-order valence-electron chi connectivity index (χ4n) is 6.57. The third-order valence-corrected chi connectivity index (χ3v) is 9.42. The highest BCUT2D eigenvalue weighted by molar-refractivity contribution is 8.01. The largest absolute Gasteiger partial charge is 0.467 e. The Kier molecular flexibility index (Phi) is 6.81. The van der Waals surface area contributed by atoms with Crippen molar-refractivity contribution in [2.24, 2.45) is 5.92 Å². The number of ether oxygens (including phenoxy) is 1. The molecule has 42 heavy (non-hydrogen) atoms. The second-order valence-electron chi connectivity index (χ2n) is 11.9. The normalized spacial score (nSPS) is 19.2. The SMILES string of the molecule is Cc1cccc(C)c1-c1cc2nc(n1)NSN1CCc3ccc(cc31)C(=O)N1Cc3ccccc3[C@@H](O2)C1CC(C)C. The zero-order chi connectivity index (χ0) is 29.0. The van der Waals surface area contributed by atoms with E-state index in [9.17, 15) is 4.79 Å². The van der Waals surface area contributed by atoms with Gasteiger partial charge in [-0.2, -0.15) is 4.98 Å². The van der Waals surface area contributed by atoms with Gasteiger partial charge < -0.3 is 9.64 Å². The first-order chi connectivity index (χ1) is 20.4. The van der Waals surface area contributed by atoms with Crippen LogP contribution in [0.1, 0.15) is 64.5 Å². The minimum absolute atomic E-state index is 0.0352. The highest BCUT2D eigenvalue weighted by atomic mass is 32.2. The van der Waals surface area contributed by atoms with Gasteiger partial charge in [0.2, 0.25) is 11.8 Å². The van der Waals surface area contributed by atoms with Gasteiger partial charge >= 0.3 is 0 Å². The summed E-state index contributed by atoms with van der Waals surface area (Å²) in [4.78, 5) is 26.2. The number of hydrogen-bond acceptors (Lipinski definition) is 7. The zero-order valence-corrected chi connectivity index (χ0v) is 25.2. The highest BCUT2D eigenvalue weighted by Gasteiger charge is 2.40. The Balaban J connectivity index is 1.43. The maximum Gasteiger partial charge on any atom is 0.254 e. The fourth-order valence-corrected chi connectivity index (χ4v) is 7.31. The number of nitrogens with one attached hydrogen (secondary N) is 1. The summed E-state index contributed by atoms with van der Waals surface area (Å²) in [5, 5.41) is 0. The number of nitrogens with zero attached hydrogens (tertiary/aromatic N) is 4. The van der Waals surface area contributed by atoms with E-state index < -0.39 is 0 Å². The van der Waals surface area contributed by atoms with E-state index in [1.165, 1.54) is 17.7 Å². The van der Waals surface area contributed by atoms with Gasteiger partial charge in [-0.3, -0.25) is 13.8 Å². The van der Waals surface area contributed by atoms with Crippen LogP contribution in [-0.2, 0) is 13.0 Å². The van der Waals surface area contributed by atoms with Gasteiger partial charge in [0.25, 0.3) is 5.91 Å². The average molecular weight is 578 g/mol. The second-order valence-corrected chi connectivity index (χ2v) is 12.8. The van der Waals surface area contributed by atoms with E-state index in [1.54, 1.807) is 0 Å². The lowest BCUT2D eigenvalue weighted by Crippen LogP contribution is -2.49. The molecular weight excluding hydrogens is 542 g/mol. The van der Waals surface area contributed by atoms with Crippen molar-refractivity contribution in [1.82, 2.24) is 14.9 Å². The quantitative estimate of drug-likeness (QED) is 0.256. The van der Waals surface area contributed by atoms with E-state index in [-0.39, 0.29) is 18.1 Å². The molecule has 0 saturated carbocycles. The molecular formula is C34H35N5O2S. The van der Waals surface area contributed by atoms with Crippen molar-refractivity contribution in [1.29, 1.82) is 0 Å². The molecule has 0 fully saturated rings. The molecule has 214 valence electrons. The number of amides is 1. The highest BCUT2D eigenvalue weighted by Crippen LogP contribution is 2.41. The topological polar surface area (TPSA) is 70.6 Å². The maximum atomic E-state index is 14.3. The van der Waals surface area contributed by atoms with Gasteiger partial charge in [0, 0.05) is 30.3 Å². The van der Waals surface area contributed by atoms with Crippen LogP contribution in [-0.4, -0.2) is 33.4 Å². The molecule has 0 aliphatic carbocycles. The molecule has 1 aromatic heterocycles. The number of rotatable bonds is 3. The molecule has 1 unspecified atom stereocenters. The van der Waals surface area contributed by atoms with Gasteiger partial charge in [-0.25, -0.2) is 4.98 Å². The Labute approximate surface area is 251 Å². The molecule has 2 atom stereocenters. The van der Waals surface area contributed by atoms with Gasteiger partial charge in [-0.15, -0.1) is 0 Å². The van der Waals surface area contributed by atoms with Gasteiger partial charge in [0.15, 0.2) is 0 Å². The second kappa shape index (κ2) is 10.7. The Hall–Kier alpha value is -4.04. The molecule has 6 bridgehead atoms. The number of benzene rings is 3. The van der Waals surface area contributed by atoms with Crippen LogP contribution >= 0.6 is 12.1 Å². The number of carbonyl (C=O) groups is 1. The fraction of sp³-hybridized carbons (Fsp3) is 0.324. The monoisotopic (exact) mass is 577 g/mol. The van der Waals surface area contributed by atoms with Crippen molar-refractivity contribution in [2.45, 2.75) is 59.2 Å². The van der Waals surface area contributed by atoms with E-state index >= 15 is 0 Å². The molecule has 0 radical (unpaired) electrons. The Morgan fingerprint density at radius 1 is 1.00 bits per heavy atom. The summed E-state index contributed by atoms with van der Waals surface area (Å²) in [6, 6.07) is 22.5. The molecule has 8 heteroatoms. The molecule has 4 aromatic rings. The van der Waals surface area contributed by atoms with Crippen LogP contribution < -0.4 is 13.8 Å². The molecule has 3 aliphatic heterocycles. The van der Waals surface area contributed by atoms with Crippen molar-refractivity contribution < 1.29 is 9.53 Å². The molecule has 0 spiro atoms. The number of anilines is 2. The summed E-state index contributed by atoms with van der Waals surface area (Å²) in [7, 11) is 0. The van der Waals surface area contributed by atoms with Crippen LogP contribution in [0.2, 0.25) is 0 Å². The maximum absolute atomic E-state index is 14.3. The smallest absolute Gasteiger partial charge is 0.254 e. The van der Waals surface area contributed by atoms with Crippen LogP contribution in [0.5, 0.6) is 5.88 Å². The van der Waals surface area contributed by atoms with Crippen LogP contribution in [0.25, 0.3) is 11.3 Å². The standard InChI is InChI=1S/C34H35N5O2S/c1-20(2)16-29-32-26-11-6-5-10-25(26)19-38(29)33(40)24-13-12-23-14-15-39(28(23)17-24)42-37-34-35-27(18-30(36-34)41-32)31-21(3)8-7-9-22(31)4/h5-13,17-18,20,29,32H,14-16,19H2,1-4H3,(H,35,36,37)/t29?,32-/m1/s1. The third-order valence-electron chi connectivity index (χ3n) is 8.55. The van der Waals surface area contributed by atoms with Crippen LogP contribution in [0, 0.1) is 19.8 Å². The van der Waals surface area contributed by atoms with Crippen molar-refractivity contribution in [3.63, 3.8) is 0 Å². The molecule has 3 aromatic carbocycles. The van der Waals surface area contributed by atoms with Gasteiger partial charge in [-0.05, 0) is 72.6 Å². The summed E-state index contributed by atoms with van der Waals surface area (Å²) in [6.07, 6.45) is 1.35. The van der Waals surface area contributed by atoms with Crippen molar-refractivity contribution in [3.05, 3.63) is 100 Å². The molecule has 1 N–H and O–H groups in total. The van der Waals surface area contributed by atoms with E-state index in [0.717, 1.165) is 58.6 Å². The summed E-state index contributed by atoms with van der Waals surface area (Å²) in [5.41, 5.74) is 9.39. The Morgan fingerprint density at radius 2 is 1.81 bits per heavy atom. The van der Waals surface area contributed by atoms with Crippen LogP contribution in [0.15, 0.2) is 66.7 Å². The van der Waals surface area contributed by atoms with Crippen molar-refractivity contribution in [3.8, 4) is 17.1 Å². The predicted molar refractivity (Wildman–Crippen MR) is 169 cm³/mol. The van der Waals surface area contributed by atoms with Gasteiger partial charge in [0.1, 0.15) is 6.10 Å². The van der Waals surface area contributed by atoms with Crippen molar-refractivity contribution >= 4 is 29.7 Å². The molecule has 3 aliphatic rings. The van der Waals surface area contributed by atoms with Gasteiger partial charge in [0.05, 0.1) is 29.6 Å². The van der Waals surface area contributed by atoms with Crippen LogP contribution in [0.4, 0.5) is 11.6 Å². The molecule has 1 amide bonds. The third kappa shape index (κ3) is 4.77. The average Bonchev–Trinajstić information content (AvgIpc) is 3.38. The van der Waals surface area contributed by atoms with E-state index in [4.69, 9.17) is 14.7 Å². The number of fused-ring (bicyclic) bond motifs is 7. The predicted octanol–water partition coefficient (Wildman–Crippen LogP) is 7.30. The number of aromatic nitrogens is 2. The Morgan fingerprint density at radius 3 is 2.62 bits per heavy atom. The lowest BCUT2D eigenvalue weighted by molar-refractivity contribution is 0.0241. The lowest BCUT2D eigenvalue weighted by Gasteiger charge is -2.43. The van der Waals surface area contributed by atoms with E-state index in [2.05, 4.69) is 79.2 Å². The summed E-state index contributed by atoms with van der Waals surface area (Å²) in [6.45, 7) is 10.0. The van der Waals surface area contributed by atoms with Crippen LogP contribution in [0.3, 0.4) is 0 Å². The molecule has 4 heterocycles. The first-order valence-corrected chi connectivity index (χ1v) is 15.5. The number of carbonyl (C=O) groups excluding carboxylic acids is 1. The first kappa shape index (κ1) is 26.8. The summed E-state index contributed by atoms with van der Waals surface area (Å²) >= 11 is 1.45.